The van der Waals surface area contributed by atoms with Gasteiger partial charge in [-0.2, -0.15) is 0 Å². The Kier molecular flexibility index (Phi) is 4.42. The Balaban J connectivity index is 2.27. The molecule has 14 heavy (non-hydrogen) atoms. The minimum atomic E-state index is 0.209. The molecule has 1 amide bonds. The molecule has 0 aromatic carbocycles. The van der Waals surface area contributed by atoms with Crippen molar-refractivity contribution in [1.29, 1.82) is 0 Å². The molecule has 0 aromatic heterocycles. The maximum Gasteiger partial charge on any atom is 0.223 e. The smallest absolute Gasteiger partial charge is 0.223 e. The summed E-state index contributed by atoms with van der Waals surface area (Å²) >= 11 is 3.50. The lowest BCUT2D eigenvalue weighted by Gasteiger charge is -2.16. The van der Waals surface area contributed by atoms with Gasteiger partial charge in [-0.25, -0.2) is 0 Å². The highest BCUT2D eigenvalue weighted by Crippen LogP contribution is 2.46. The third kappa shape index (κ3) is 2.97. The van der Waals surface area contributed by atoms with Gasteiger partial charge in [-0.1, -0.05) is 29.8 Å². The first-order valence-corrected chi connectivity index (χ1v) is 6.63. The van der Waals surface area contributed by atoms with E-state index < -0.39 is 0 Å². The number of amides is 1. The normalized spacial score (nSPS) is 18.3. The van der Waals surface area contributed by atoms with Crippen LogP contribution in [-0.2, 0) is 4.79 Å². The SMILES string of the molecule is CCC(CC)C(=O)NCC1(CBr)CC1. The number of halogens is 1. The molecule has 1 fully saturated rings. The van der Waals surface area contributed by atoms with Crippen LogP contribution in [0.4, 0.5) is 0 Å². The summed E-state index contributed by atoms with van der Waals surface area (Å²) in [7, 11) is 0. The van der Waals surface area contributed by atoms with Crippen LogP contribution in [0.25, 0.3) is 0 Å². The van der Waals surface area contributed by atoms with Gasteiger partial charge in [0.2, 0.25) is 5.91 Å². The fourth-order valence-corrected chi connectivity index (χ4v) is 2.37. The van der Waals surface area contributed by atoms with Crippen molar-refractivity contribution >= 4 is 21.8 Å². The number of hydrogen-bond acceptors (Lipinski definition) is 1. The molecule has 82 valence electrons. The average Bonchev–Trinajstić information content (AvgIpc) is 2.97. The number of hydrogen-bond donors (Lipinski definition) is 1. The summed E-state index contributed by atoms with van der Waals surface area (Å²) in [5, 5.41) is 4.09. The predicted octanol–water partition coefficient (Wildman–Crippen LogP) is 2.71. The van der Waals surface area contributed by atoms with E-state index in [9.17, 15) is 4.79 Å². The van der Waals surface area contributed by atoms with E-state index in [0.29, 0.717) is 5.41 Å². The molecule has 0 atom stereocenters. The van der Waals surface area contributed by atoms with Gasteiger partial charge >= 0.3 is 0 Å². The van der Waals surface area contributed by atoms with Crippen molar-refractivity contribution in [3.05, 3.63) is 0 Å². The van der Waals surface area contributed by atoms with Crippen molar-refractivity contribution in [1.82, 2.24) is 5.32 Å². The minimum absolute atomic E-state index is 0.209. The van der Waals surface area contributed by atoms with Gasteiger partial charge in [0.05, 0.1) is 0 Å². The number of alkyl halides is 1. The van der Waals surface area contributed by atoms with Gasteiger partial charge in [0, 0.05) is 17.8 Å². The summed E-state index contributed by atoms with van der Waals surface area (Å²) in [4.78, 5) is 11.7. The van der Waals surface area contributed by atoms with Crippen LogP contribution in [0.3, 0.4) is 0 Å². The Morgan fingerprint density at radius 3 is 2.36 bits per heavy atom. The van der Waals surface area contributed by atoms with Gasteiger partial charge in [-0.05, 0) is 31.1 Å². The highest BCUT2D eigenvalue weighted by molar-refractivity contribution is 9.09. The molecule has 0 radical (unpaired) electrons. The molecule has 0 heterocycles. The Bertz CT molecular complexity index is 197. The summed E-state index contributed by atoms with van der Waals surface area (Å²) in [6, 6.07) is 0. The van der Waals surface area contributed by atoms with Crippen LogP contribution in [0.5, 0.6) is 0 Å². The molecule has 0 bridgehead atoms. The molecule has 0 aromatic rings. The monoisotopic (exact) mass is 261 g/mol. The lowest BCUT2D eigenvalue weighted by atomic mass is 10.0. The van der Waals surface area contributed by atoms with E-state index in [-0.39, 0.29) is 11.8 Å². The third-order valence-electron chi connectivity index (χ3n) is 3.23. The van der Waals surface area contributed by atoms with Crippen molar-refractivity contribution < 1.29 is 4.79 Å². The first-order chi connectivity index (χ1) is 6.67. The van der Waals surface area contributed by atoms with Gasteiger partial charge < -0.3 is 5.32 Å². The third-order valence-corrected chi connectivity index (χ3v) is 4.42. The van der Waals surface area contributed by atoms with Gasteiger partial charge in [-0.15, -0.1) is 0 Å². The average molecular weight is 262 g/mol. The van der Waals surface area contributed by atoms with Crippen molar-refractivity contribution in [2.24, 2.45) is 11.3 Å². The number of carbonyl (C=O) groups excluding carboxylic acids is 1. The lowest BCUT2D eigenvalue weighted by Crippen LogP contribution is -2.35. The van der Waals surface area contributed by atoms with Crippen molar-refractivity contribution in [3.63, 3.8) is 0 Å². The molecule has 1 aliphatic rings. The van der Waals surface area contributed by atoms with Crippen LogP contribution in [0.2, 0.25) is 0 Å². The van der Waals surface area contributed by atoms with Crippen LogP contribution < -0.4 is 5.32 Å². The molecule has 2 nitrogen and oxygen atoms in total. The van der Waals surface area contributed by atoms with Gasteiger partial charge in [-0.3, -0.25) is 4.79 Å². The highest BCUT2D eigenvalue weighted by Gasteiger charge is 2.41. The molecule has 0 aliphatic heterocycles. The summed E-state index contributed by atoms with van der Waals surface area (Å²) < 4.78 is 0. The second-order valence-electron chi connectivity index (χ2n) is 4.36. The van der Waals surface area contributed by atoms with Crippen molar-refractivity contribution in [2.75, 3.05) is 11.9 Å². The molecule has 0 spiro atoms. The minimum Gasteiger partial charge on any atom is -0.355 e. The highest BCUT2D eigenvalue weighted by atomic mass is 79.9. The molecule has 0 unspecified atom stereocenters. The van der Waals surface area contributed by atoms with E-state index in [1.807, 2.05) is 0 Å². The molecular formula is C11H20BrNO. The summed E-state index contributed by atoms with van der Waals surface area (Å²) in [6.45, 7) is 5.00. The van der Waals surface area contributed by atoms with Gasteiger partial charge in [0.15, 0.2) is 0 Å². The first kappa shape index (κ1) is 12.0. The molecule has 1 N–H and O–H groups in total. The second-order valence-corrected chi connectivity index (χ2v) is 4.93. The summed E-state index contributed by atoms with van der Waals surface area (Å²) in [6.07, 6.45) is 4.40. The van der Waals surface area contributed by atoms with E-state index >= 15 is 0 Å². The molecule has 0 saturated heterocycles. The number of rotatable bonds is 6. The van der Waals surface area contributed by atoms with Gasteiger partial charge in [0.25, 0.3) is 0 Å². The van der Waals surface area contributed by atoms with E-state index in [2.05, 4.69) is 35.1 Å². The topological polar surface area (TPSA) is 29.1 Å². The van der Waals surface area contributed by atoms with Crippen molar-refractivity contribution in [3.8, 4) is 0 Å². The maximum absolute atomic E-state index is 11.7. The zero-order valence-corrected chi connectivity index (χ0v) is 10.7. The van der Waals surface area contributed by atoms with Crippen LogP contribution in [-0.4, -0.2) is 17.8 Å². The summed E-state index contributed by atoms with van der Waals surface area (Å²) in [5.41, 5.74) is 0.391. The Morgan fingerprint density at radius 1 is 1.43 bits per heavy atom. The molecule has 3 heteroatoms. The quantitative estimate of drug-likeness (QED) is 0.733. The number of nitrogens with one attached hydrogen (secondary N) is 1. The van der Waals surface area contributed by atoms with Crippen molar-refractivity contribution in [2.45, 2.75) is 39.5 Å². The molecule has 1 rings (SSSR count). The fourth-order valence-electron chi connectivity index (χ4n) is 1.61. The van der Waals surface area contributed by atoms with Crippen LogP contribution >= 0.6 is 15.9 Å². The van der Waals surface area contributed by atoms with E-state index in [1.54, 1.807) is 0 Å². The van der Waals surface area contributed by atoms with E-state index in [1.165, 1.54) is 12.8 Å². The summed E-state index contributed by atoms with van der Waals surface area (Å²) in [5.74, 6) is 0.448. The zero-order chi connectivity index (χ0) is 10.6. The van der Waals surface area contributed by atoms with Gasteiger partial charge in [0.1, 0.15) is 0 Å². The maximum atomic E-state index is 11.7. The lowest BCUT2D eigenvalue weighted by molar-refractivity contribution is -0.125. The largest absolute Gasteiger partial charge is 0.355 e. The van der Waals surface area contributed by atoms with E-state index in [4.69, 9.17) is 0 Å². The molecule has 1 aliphatic carbocycles. The standard InChI is InChI=1S/C11H20BrNO/c1-3-9(4-2)10(14)13-8-11(7-12)5-6-11/h9H,3-8H2,1-2H3,(H,13,14). The molecular weight excluding hydrogens is 242 g/mol. The second kappa shape index (κ2) is 5.15. The van der Waals surface area contributed by atoms with Crippen LogP contribution in [0.15, 0.2) is 0 Å². The molecule has 1 saturated carbocycles. The van der Waals surface area contributed by atoms with Crippen LogP contribution in [0, 0.1) is 11.3 Å². The zero-order valence-electron chi connectivity index (χ0n) is 9.11. The Labute approximate surface area is 95.0 Å². The number of carbonyl (C=O) groups is 1. The Morgan fingerprint density at radius 2 is 2.00 bits per heavy atom. The first-order valence-electron chi connectivity index (χ1n) is 5.51. The predicted molar refractivity (Wildman–Crippen MR) is 62.5 cm³/mol. The Hall–Kier alpha value is -0.0500. The van der Waals surface area contributed by atoms with Crippen LogP contribution in [0.1, 0.15) is 39.5 Å². The van der Waals surface area contributed by atoms with E-state index in [0.717, 1.165) is 24.7 Å². The fraction of sp³-hybridized carbons (Fsp3) is 0.909.